The van der Waals surface area contributed by atoms with Crippen LogP contribution in [0.25, 0.3) is 0 Å². The van der Waals surface area contributed by atoms with E-state index >= 15 is 0 Å². The molecule has 2 atom stereocenters. The largest absolute Gasteiger partial charge is 0.397 e. The summed E-state index contributed by atoms with van der Waals surface area (Å²) in [6.45, 7) is 0. The van der Waals surface area contributed by atoms with Crippen molar-refractivity contribution in [3.8, 4) is 0 Å². The van der Waals surface area contributed by atoms with E-state index in [1.807, 2.05) is 18.2 Å². The van der Waals surface area contributed by atoms with Crippen LogP contribution in [0.1, 0.15) is 32.1 Å². The fraction of sp³-hybridized carbons (Fsp3) is 0.538. The minimum atomic E-state index is -0.254. The summed E-state index contributed by atoms with van der Waals surface area (Å²) in [6.07, 6.45) is 5.18. The number of aliphatic hydroxyl groups excluding tert-OH is 1. The first-order valence-electron chi connectivity index (χ1n) is 6.16. The van der Waals surface area contributed by atoms with Gasteiger partial charge in [0.1, 0.15) is 0 Å². The van der Waals surface area contributed by atoms with Crippen molar-refractivity contribution in [3.63, 3.8) is 0 Å². The minimum absolute atomic E-state index is 0.139. The zero-order valence-corrected chi connectivity index (χ0v) is 12.0. The van der Waals surface area contributed by atoms with Crippen LogP contribution in [0.15, 0.2) is 18.2 Å². The van der Waals surface area contributed by atoms with Gasteiger partial charge in [-0.3, -0.25) is 0 Å². The molecule has 1 saturated carbocycles. The van der Waals surface area contributed by atoms with Crippen molar-refractivity contribution in [3.05, 3.63) is 21.8 Å². The third-order valence-electron chi connectivity index (χ3n) is 3.33. The Morgan fingerprint density at radius 3 is 2.76 bits per heavy atom. The Labute approximate surface area is 116 Å². The van der Waals surface area contributed by atoms with Gasteiger partial charge in [-0.1, -0.05) is 19.3 Å². The van der Waals surface area contributed by atoms with E-state index in [0.29, 0.717) is 0 Å². The molecule has 1 fully saturated rings. The predicted molar refractivity (Wildman–Crippen MR) is 80.1 cm³/mol. The molecule has 1 aromatic rings. The van der Waals surface area contributed by atoms with Gasteiger partial charge in [0, 0.05) is 3.57 Å². The first-order valence-corrected chi connectivity index (χ1v) is 7.24. The van der Waals surface area contributed by atoms with Crippen molar-refractivity contribution in [1.29, 1.82) is 0 Å². The van der Waals surface area contributed by atoms with Gasteiger partial charge in [0.05, 0.1) is 23.5 Å². The summed E-state index contributed by atoms with van der Waals surface area (Å²) in [4.78, 5) is 0. The molecule has 0 spiro atoms. The number of benzene rings is 1. The number of halogens is 1. The first kappa shape index (κ1) is 13.0. The molecule has 0 bridgehead atoms. The summed E-state index contributed by atoms with van der Waals surface area (Å²) in [5.41, 5.74) is 7.67. The number of rotatable bonds is 2. The lowest BCUT2D eigenvalue weighted by molar-refractivity contribution is 0.144. The monoisotopic (exact) mass is 346 g/mol. The maximum atomic E-state index is 10.1. The highest BCUT2D eigenvalue weighted by molar-refractivity contribution is 14.1. The van der Waals surface area contributed by atoms with Gasteiger partial charge >= 0.3 is 0 Å². The molecule has 17 heavy (non-hydrogen) atoms. The van der Waals surface area contributed by atoms with E-state index in [2.05, 4.69) is 27.9 Å². The van der Waals surface area contributed by atoms with Crippen LogP contribution in [0.4, 0.5) is 11.4 Å². The highest BCUT2D eigenvalue weighted by Gasteiger charge is 2.21. The fourth-order valence-corrected chi connectivity index (χ4v) is 2.84. The number of nitrogens with two attached hydrogens (primary N) is 1. The van der Waals surface area contributed by atoms with Crippen molar-refractivity contribution in [2.75, 3.05) is 11.1 Å². The number of nitrogens with one attached hydrogen (secondary N) is 1. The van der Waals surface area contributed by atoms with Crippen molar-refractivity contribution < 1.29 is 5.11 Å². The lowest BCUT2D eigenvalue weighted by Gasteiger charge is -2.23. The van der Waals surface area contributed by atoms with Gasteiger partial charge in [0.15, 0.2) is 0 Å². The van der Waals surface area contributed by atoms with Crippen LogP contribution in [0, 0.1) is 3.57 Å². The van der Waals surface area contributed by atoms with Crippen LogP contribution >= 0.6 is 22.6 Å². The van der Waals surface area contributed by atoms with E-state index in [-0.39, 0.29) is 12.1 Å². The highest BCUT2D eigenvalue weighted by Crippen LogP contribution is 2.26. The van der Waals surface area contributed by atoms with Gasteiger partial charge in [0.25, 0.3) is 0 Å². The maximum absolute atomic E-state index is 10.1. The zero-order chi connectivity index (χ0) is 12.3. The minimum Gasteiger partial charge on any atom is -0.397 e. The molecule has 3 nitrogen and oxygen atoms in total. The Bertz CT molecular complexity index is 384. The van der Waals surface area contributed by atoms with Crippen molar-refractivity contribution in [1.82, 2.24) is 0 Å². The second-order valence-corrected chi connectivity index (χ2v) is 5.93. The molecule has 94 valence electrons. The van der Waals surface area contributed by atoms with Crippen molar-refractivity contribution in [2.24, 2.45) is 0 Å². The van der Waals surface area contributed by atoms with Crippen LogP contribution in [-0.4, -0.2) is 17.3 Å². The topological polar surface area (TPSA) is 58.3 Å². The molecule has 0 heterocycles. The highest BCUT2D eigenvalue weighted by atomic mass is 127. The third-order valence-corrected chi connectivity index (χ3v) is 4.00. The molecular formula is C13H19IN2O. The Morgan fingerprint density at radius 2 is 2.00 bits per heavy atom. The van der Waals surface area contributed by atoms with Crippen molar-refractivity contribution >= 4 is 34.0 Å². The quantitative estimate of drug-likeness (QED) is 0.438. The SMILES string of the molecule is Nc1cc(I)ccc1NC1CCCCCC1O. The van der Waals surface area contributed by atoms with Crippen molar-refractivity contribution in [2.45, 2.75) is 44.2 Å². The summed E-state index contributed by atoms with van der Waals surface area (Å²) in [5.74, 6) is 0. The summed E-state index contributed by atoms with van der Waals surface area (Å²) in [5, 5.41) is 13.4. The van der Waals surface area contributed by atoms with Crippen LogP contribution in [0.3, 0.4) is 0 Å². The van der Waals surface area contributed by atoms with Gasteiger partial charge in [-0.15, -0.1) is 0 Å². The molecule has 0 amide bonds. The molecule has 2 rings (SSSR count). The lowest BCUT2D eigenvalue weighted by Crippen LogP contribution is -2.32. The van der Waals surface area contributed by atoms with Gasteiger partial charge < -0.3 is 16.2 Å². The van der Waals surface area contributed by atoms with Crippen LogP contribution in [0.2, 0.25) is 0 Å². The molecule has 4 heteroatoms. The van der Waals surface area contributed by atoms with Gasteiger partial charge in [-0.05, 0) is 53.6 Å². The fourth-order valence-electron chi connectivity index (χ4n) is 2.32. The number of nitrogen functional groups attached to an aromatic ring is 1. The average molecular weight is 346 g/mol. The third kappa shape index (κ3) is 3.48. The van der Waals surface area contributed by atoms with E-state index in [1.165, 1.54) is 12.8 Å². The Hall–Kier alpha value is -0.490. The molecule has 0 aliphatic heterocycles. The van der Waals surface area contributed by atoms with Gasteiger partial charge in [0.2, 0.25) is 0 Å². The summed E-state index contributed by atoms with van der Waals surface area (Å²) in [7, 11) is 0. The Balaban J connectivity index is 2.08. The second kappa shape index (κ2) is 5.91. The molecule has 1 aromatic carbocycles. The zero-order valence-electron chi connectivity index (χ0n) is 9.82. The van der Waals surface area contributed by atoms with E-state index in [1.54, 1.807) is 0 Å². The van der Waals surface area contributed by atoms with E-state index in [9.17, 15) is 5.11 Å². The molecule has 2 unspecified atom stereocenters. The van der Waals surface area contributed by atoms with Gasteiger partial charge in [-0.2, -0.15) is 0 Å². The Kier molecular flexibility index (Phi) is 4.50. The number of aliphatic hydroxyl groups is 1. The summed E-state index contributed by atoms with van der Waals surface area (Å²) in [6, 6.07) is 6.11. The first-order chi connectivity index (χ1) is 8.16. The van der Waals surface area contributed by atoms with Crippen LogP contribution in [0.5, 0.6) is 0 Å². The summed E-state index contributed by atoms with van der Waals surface area (Å²) < 4.78 is 1.13. The Morgan fingerprint density at radius 1 is 1.24 bits per heavy atom. The second-order valence-electron chi connectivity index (χ2n) is 4.69. The predicted octanol–water partition coefficient (Wildman–Crippen LogP) is 2.98. The molecule has 0 saturated heterocycles. The van der Waals surface area contributed by atoms with Crippen LogP contribution in [-0.2, 0) is 0 Å². The normalized spacial score (nSPS) is 25.3. The standard InChI is InChI=1S/C13H19IN2O/c14-9-6-7-11(10(15)8-9)16-12-4-2-1-3-5-13(12)17/h6-8,12-13,16-17H,1-5,15H2. The summed E-state index contributed by atoms with van der Waals surface area (Å²) >= 11 is 2.25. The van der Waals surface area contributed by atoms with Gasteiger partial charge in [-0.25, -0.2) is 0 Å². The van der Waals surface area contributed by atoms with E-state index < -0.39 is 0 Å². The van der Waals surface area contributed by atoms with E-state index in [4.69, 9.17) is 5.73 Å². The maximum Gasteiger partial charge on any atom is 0.0741 e. The molecule has 1 aliphatic carbocycles. The lowest BCUT2D eigenvalue weighted by atomic mass is 10.1. The van der Waals surface area contributed by atoms with Crippen LogP contribution < -0.4 is 11.1 Å². The molecule has 4 N–H and O–H groups in total. The number of anilines is 2. The molecule has 0 aromatic heterocycles. The number of hydrogen-bond donors (Lipinski definition) is 3. The smallest absolute Gasteiger partial charge is 0.0741 e. The molecule has 1 aliphatic rings. The molecule has 0 radical (unpaired) electrons. The number of hydrogen-bond acceptors (Lipinski definition) is 3. The average Bonchev–Trinajstić information content (AvgIpc) is 2.48. The molecular weight excluding hydrogens is 327 g/mol. The van der Waals surface area contributed by atoms with E-state index in [0.717, 1.165) is 34.2 Å².